The monoisotopic (exact) mass is 356 g/mol. The minimum atomic E-state index is -0.287. The first kappa shape index (κ1) is 15.5. The van der Waals surface area contributed by atoms with Crippen LogP contribution in [0, 0.1) is 4.77 Å². The number of aromatic amines is 1. The Morgan fingerprint density at radius 3 is 2.75 bits per heavy atom. The average molecular weight is 356 g/mol. The second-order valence-electron chi connectivity index (χ2n) is 6.04. The number of aromatic nitrogens is 2. The van der Waals surface area contributed by atoms with E-state index in [0.717, 1.165) is 46.2 Å². The third-order valence-electron chi connectivity index (χ3n) is 4.46. The fourth-order valence-corrected chi connectivity index (χ4v) is 4.95. The van der Waals surface area contributed by atoms with Crippen molar-refractivity contribution in [2.24, 2.45) is 0 Å². The number of carbonyl (C=O) groups excluding carboxylic acids is 1. The highest BCUT2D eigenvalue weighted by Crippen LogP contribution is 2.33. The van der Waals surface area contributed by atoms with Gasteiger partial charge in [0.1, 0.15) is 4.83 Å². The maximum atomic E-state index is 13.0. The molecule has 4 rings (SSSR count). The molecule has 0 saturated carbocycles. The van der Waals surface area contributed by atoms with Crippen LogP contribution in [-0.4, -0.2) is 15.5 Å². The van der Waals surface area contributed by atoms with Gasteiger partial charge in [0.15, 0.2) is 4.77 Å². The number of carbonyl (C=O) groups is 1. The summed E-state index contributed by atoms with van der Waals surface area (Å²) >= 11 is 6.90. The van der Waals surface area contributed by atoms with Crippen LogP contribution in [-0.2, 0) is 19.3 Å². The van der Waals surface area contributed by atoms with Crippen molar-refractivity contribution in [1.29, 1.82) is 0 Å². The SMILES string of the molecule is O=C(Cc1ccccc1)n1c(=S)[nH]c2sc3c(c2c1=O)CCCC3. The molecule has 122 valence electrons. The molecule has 0 radical (unpaired) electrons. The van der Waals surface area contributed by atoms with E-state index in [0.29, 0.717) is 5.39 Å². The maximum Gasteiger partial charge on any atom is 0.270 e. The van der Waals surface area contributed by atoms with Gasteiger partial charge in [-0.2, -0.15) is 0 Å². The van der Waals surface area contributed by atoms with Crippen LogP contribution in [0.1, 0.15) is 33.6 Å². The predicted octanol–water partition coefficient (Wildman–Crippen LogP) is 3.88. The van der Waals surface area contributed by atoms with Gasteiger partial charge in [0.05, 0.1) is 11.8 Å². The Labute approximate surface area is 147 Å². The number of aryl methyl sites for hydroxylation is 2. The van der Waals surface area contributed by atoms with Crippen molar-refractivity contribution < 1.29 is 4.79 Å². The normalized spacial score (nSPS) is 13.8. The van der Waals surface area contributed by atoms with Crippen molar-refractivity contribution >= 4 is 39.7 Å². The van der Waals surface area contributed by atoms with E-state index in [2.05, 4.69) is 4.98 Å². The first-order valence-corrected chi connectivity index (χ1v) is 9.24. The van der Waals surface area contributed by atoms with Gasteiger partial charge < -0.3 is 4.98 Å². The molecule has 1 N–H and O–H groups in total. The van der Waals surface area contributed by atoms with Gasteiger partial charge in [0.25, 0.3) is 5.56 Å². The van der Waals surface area contributed by atoms with Gasteiger partial charge in [0.2, 0.25) is 5.91 Å². The fourth-order valence-electron chi connectivity index (χ4n) is 3.31. The molecule has 0 spiro atoms. The van der Waals surface area contributed by atoms with E-state index < -0.39 is 0 Å². The van der Waals surface area contributed by atoms with Crippen LogP contribution in [0.2, 0.25) is 0 Å². The molecule has 0 saturated heterocycles. The topological polar surface area (TPSA) is 54.9 Å². The van der Waals surface area contributed by atoms with Gasteiger partial charge in [-0.15, -0.1) is 11.3 Å². The Morgan fingerprint density at radius 1 is 1.21 bits per heavy atom. The number of rotatable bonds is 2. The number of H-pyrrole nitrogens is 1. The molecule has 1 aliphatic carbocycles. The zero-order chi connectivity index (χ0) is 16.7. The summed E-state index contributed by atoms with van der Waals surface area (Å²) in [5, 5.41) is 0.657. The second kappa shape index (κ2) is 6.11. The summed E-state index contributed by atoms with van der Waals surface area (Å²) in [7, 11) is 0. The molecule has 2 heterocycles. The van der Waals surface area contributed by atoms with E-state index in [9.17, 15) is 9.59 Å². The number of benzene rings is 1. The van der Waals surface area contributed by atoms with Gasteiger partial charge in [-0.1, -0.05) is 30.3 Å². The highest BCUT2D eigenvalue weighted by molar-refractivity contribution is 7.71. The minimum Gasteiger partial charge on any atom is -0.323 e. The Hall–Kier alpha value is -2.05. The van der Waals surface area contributed by atoms with E-state index in [-0.39, 0.29) is 22.7 Å². The molecule has 0 fully saturated rings. The van der Waals surface area contributed by atoms with Crippen molar-refractivity contribution in [1.82, 2.24) is 9.55 Å². The molecule has 2 aromatic heterocycles. The Kier molecular flexibility index (Phi) is 3.94. The summed E-state index contributed by atoms with van der Waals surface area (Å²) < 4.78 is 1.32. The van der Waals surface area contributed by atoms with Gasteiger partial charge in [0, 0.05) is 4.88 Å². The smallest absolute Gasteiger partial charge is 0.270 e. The summed E-state index contributed by atoms with van der Waals surface area (Å²) in [6.45, 7) is 0. The Morgan fingerprint density at radius 2 is 1.96 bits per heavy atom. The first-order valence-electron chi connectivity index (χ1n) is 8.02. The largest absolute Gasteiger partial charge is 0.323 e. The standard InChI is InChI=1S/C18H16N2O2S2/c21-14(10-11-6-2-1-3-7-11)20-17(22)15-12-8-4-5-9-13(12)24-16(15)19-18(20)23/h1-3,6-7H,4-5,8-10H2,(H,19,23). The number of thiophene rings is 1. The summed E-state index contributed by atoms with van der Waals surface area (Å²) in [6.07, 6.45) is 4.32. The quantitative estimate of drug-likeness (QED) is 0.709. The van der Waals surface area contributed by atoms with Crippen molar-refractivity contribution in [3.05, 3.63) is 61.5 Å². The molecule has 3 aromatic rings. The molecule has 1 aromatic carbocycles. The molecule has 0 aliphatic heterocycles. The zero-order valence-corrected chi connectivity index (χ0v) is 14.6. The van der Waals surface area contributed by atoms with Gasteiger partial charge in [-0.25, -0.2) is 4.57 Å². The van der Waals surface area contributed by atoms with E-state index in [1.54, 1.807) is 11.3 Å². The lowest BCUT2D eigenvalue weighted by molar-refractivity contribution is 0.0907. The highest BCUT2D eigenvalue weighted by atomic mass is 32.1. The second-order valence-corrected chi connectivity index (χ2v) is 7.53. The molecule has 1 aliphatic rings. The lowest BCUT2D eigenvalue weighted by Crippen LogP contribution is -2.29. The van der Waals surface area contributed by atoms with Crippen molar-refractivity contribution in [3.8, 4) is 0 Å². The number of hydrogen-bond donors (Lipinski definition) is 1. The third-order valence-corrected chi connectivity index (χ3v) is 5.95. The van der Waals surface area contributed by atoms with Crippen LogP contribution < -0.4 is 5.56 Å². The van der Waals surface area contributed by atoms with E-state index >= 15 is 0 Å². The van der Waals surface area contributed by atoms with E-state index in [4.69, 9.17) is 12.2 Å². The van der Waals surface area contributed by atoms with Gasteiger partial charge >= 0.3 is 0 Å². The van der Waals surface area contributed by atoms with Crippen molar-refractivity contribution in [2.75, 3.05) is 0 Å². The molecule has 24 heavy (non-hydrogen) atoms. The highest BCUT2D eigenvalue weighted by Gasteiger charge is 2.22. The lowest BCUT2D eigenvalue weighted by atomic mass is 9.97. The third kappa shape index (κ3) is 2.56. The Bertz CT molecular complexity index is 1040. The van der Waals surface area contributed by atoms with Crippen LogP contribution >= 0.6 is 23.6 Å². The van der Waals surface area contributed by atoms with Crippen LogP contribution in [0.15, 0.2) is 35.1 Å². The average Bonchev–Trinajstić information content (AvgIpc) is 2.93. The summed E-state index contributed by atoms with van der Waals surface area (Å²) in [4.78, 5) is 30.8. The van der Waals surface area contributed by atoms with Crippen molar-refractivity contribution in [2.45, 2.75) is 32.1 Å². The van der Waals surface area contributed by atoms with Crippen LogP contribution in [0.25, 0.3) is 10.2 Å². The number of fused-ring (bicyclic) bond motifs is 3. The summed E-state index contributed by atoms with van der Waals surface area (Å²) in [5.41, 5.74) is 1.71. The van der Waals surface area contributed by atoms with Crippen molar-refractivity contribution in [3.63, 3.8) is 0 Å². The molecule has 0 amide bonds. The maximum absolute atomic E-state index is 13.0. The van der Waals surface area contributed by atoms with E-state index in [1.807, 2.05) is 30.3 Å². The summed E-state index contributed by atoms with van der Waals surface area (Å²) in [6, 6.07) is 9.41. The minimum absolute atomic E-state index is 0.163. The first-order chi connectivity index (χ1) is 11.6. The molecule has 4 nitrogen and oxygen atoms in total. The molecule has 0 atom stereocenters. The lowest BCUT2D eigenvalue weighted by Gasteiger charge is -2.10. The van der Waals surface area contributed by atoms with E-state index in [1.165, 1.54) is 4.88 Å². The molecule has 0 unspecified atom stereocenters. The Balaban J connectivity index is 1.85. The van der Waals surface area contributed by atoms with Crippen LogP contribution in [0.3, 0.4) is 0 Å². The number of hydrogen-bond acceptors (Lipinski definition) is 4. The number of nitrogens with zero attached hydrogens (tertiary/aromatic N) is 1. The molecular formula is C18H16N2O2S2. The van der Waals surface area contributed by atoms with Crippen LogP contribution in [0.4, 0.5) is 0 Å². The summed E-state index contributed by atoms with van der Waals surface area (Å²) in [5.74, 6) is -0.287. The number of nitrogens with one attached hydrogen (secondary N) is 1. The van der Waals surface area contributed by atoms with Crippen LogP contribution in [0.5, 0.6) is 0 Å². The van der Waals surface area contributed by atoms with Gasteiger partial charge in [-0.05, 0) is 49.0 Å². The molecule has 6 heteroatoms. The fraction of sp³-hybridized carbons (Fsp3) is 0.278. The van der Waals surface area contributed by atoms with Gasteiger partial charge in [-0.3, -0.25) is 9.59 Å². The molecular weight excluding hydrogens is 340 g/mol. The molecule has 0 bridgehead atoms. The zero-order valence-electron chi connectivity index (χ0n) is 13.0. The predicted molar refractivity (Wildman–Crippen MR) is 98.7 cm³/mol.